The second-order valence-corrected chi connectivity index (χ2v) is 8.04. The lowest BCUT2D eigenvalue weighted by atomic mass is 10.1. The molecular weight excluding hydrogens is 425 g/mol. The Morgan fingerprint density at radius 1 is 1.13 bits per heavy atom. The maximum Gasteiger partial charge on any atom is 0.270 e. The summed E-state index contributed by atoms with van der Waals surface area (Å²) in [6, 6.07) is 9.83. The van der Waals surface area contributed by atoms with Crippen LogP contribution in [0.3, 0.4) is 0 Å². The molecule has 1 N–H and O–H groups in total. The van der Waals surface area contributed by atoms with Gasteiger partial charge in [-0.05, 0) is 73.5 Å². The van der Waals surface area contributed by atoms with Crippen molar-refractivity contribution in [2.45, 2.75) is 19.8 Å². The van der Waals surface area contributed by atoms with Crippen LogP contribution in [0.5, 0.6) is 0 Å². The summed E-state index contributed by atoms with van der Waals surface area (Å²) in [5.74, 6) is -1.59. The van der Waals surface area contributed by atoms with Crippen LogP contribution in [-0.4, -0.2) is 30.0 Å². The molecule has 0 bridgehead atoms. The second-order valence-electron chi connectivity index (χ2n) is 7.25. The lowest BCUT2D eigenvalue weighted by molar-refractivity contribution is -0.122. The third-order valence-corrected chi connectivity index (χ3v) is 6.01. The predicted molar refractivity (Wildman–Crippen MR) is 120 cm³/mol. The normalized spacial score (nSPS) is 18.4. The van der Waals surface area contributed by atoms with E-state index in [2.05, 4.69) is 5.32 Å². The number of nitrogens with one attached hydrogen (secondary N) is 1. The summed E-state index contributed by atoms with van der Waals surface area (Å²) in [5.41, 5.74) is 1.97. The van der Waals surface area contributed by atoms with Gasteiger partial charge < -0.3 is 4.90 Å². The van der Waals surface area contributed by atoms with Crippen LogP contribution < -0.4 is 15.1 Å². The molecule has 2 aliphatic heterocycles. The summed E-state index contributed by atoms with van der Waals surface area (Å²) >= 11 is 11.4. The van der Waals surface area contributed by atoms with E-state index in [0.717, 1.165) is 25.9 Å². The number of hydrogen-bond donors (Lipinski definition) is 1. The first-order valence-electron chi connectivity index (χ1n) is 9.58. The smallest absolute Gasteiger partial charge is 0.270 e. The van der Waals surface area contributed by atoms with Gasteiger partial charge in [0.25, 0.3) is 11.8 Å². The van der Waals surface area contributed by atoms with Crippen molar-refractivity contribution in [2.24, 2.45) is 0 Å². The molecule has 2 heterocycles. The van der Waals surface area contributed by atoms with Gasteiger partial charge in [0.2, 0.25) is 0 Å². The van der Waals surface area contributed by atoms with Crippen LogP contribution in [0, 0.1) is 12.7 Å². The van der Waals surface area contributed by atoms with Crippen molar-refractivity contribution in [2.75, 3.05) is 22.9 Å². The molecule has 2 aromatic carbocycles. The predicted octanol–water partition coefficient (Wildman–Crippen LogP) is 4.22. The molecule has 0 aliphatic carbocycles. The first-order chi connectivity index (χ1) is 14.4. The van der Waals surface area contributed by atoms with E-state index in [1.807, 2.05) is 4.90 Å². The average molecular weight is 444 g/mol. The van der Waals surface area contributed by atoms with Crippen LogP contribution in [0.1, 0.15) is 24.0 Å². The summed E-state index contributed by atoms with van der Waals surface area (Å²) in [5, 5.41) is 2.98. The third kappa shape index (κ3) is 3.70. The Labute approximate surface area is 184 Å². The first kappa shape index (κ1) is 20.5. The van der Waals surface area contributed by atoms with Gasteiger partial charge in [-0.3, -0.25) is 19.8 Å². The molecule has 2 amide bonds. The molecule has 0 spiro atoms. The molecule has 0 unspecified atom stereocenters. The molecular formula is C22H19ClFN3O2S. The summed E-state index contributed by atoms with van der Waals surface area (Å²) in [7, 11) is 0. The Hall–Kier alpha value is -2.77. The van der Waals surface area contributed by atoms with E-state index in [4.69, 9.17) is 23.8 Å². The van der Waals surface area contributed by atoms with Gasteiger partial charge in [-0.2, -0.15) is 0 Å². The van der Waals surface area contributed by atoms with Gasteiger partial charge in [-0.25, -0.2) is 4.39 Å². The van der Waals surface area contributed by atoms with Crippen molar-refractivity contribution in [3.05, 3.63) is 63.9 Å². The molecule has 2 aromatic rings. The Morgan fingerprint density at radius 2 is 1.87 bits per heavy atom. The van der Waals surface area contributed by atoms with Crippen molar-refractivity contribution >= 4 is 58.2 Å². The molecule has 8 heteroatoms. The lowest BCUT2D eigenvalue weighted by Gasteiger charge is -2.30. The number of thiocarbonyl (C=S) groups is 1. The Morgan fingerprint density at radius 3 is 2.57 bits per heavy atom. The van der Waals surface area contributed by atoms with Crippen LogP contribution in [0.15, 0.2) is 42.0 Å². The lowest BCUT2D eigenvalue weighted by Crippen LogP contribution is -2.54. The van der Waals surface area contributed by atoms with Crippen molar-refractivity contribution < 1.29 is 14.0 Å². The Balaban J connectivity index is 1.69. The number of hydrogen-bond acceptors (Lipinski definition) is 4. The van der Waals surface area contributed by atoms with Crippen LogP contribution in [0.2, 0.25) is 5.02 Å². The topological polar surface area (TPSA) is 52.7 Å². The van der Waals surface area contributed by atoms with Gasteiger partial charge in [0.05, 0.1) is 11.4 Å². The summed E-state index contributed by atoms with van der Waals surface area (Å²) in [4.78, 5) is 28.8. The number of anilines is 2. The molecule has 0 atom stereocenters. The standard InChI is InChI=1S/C22H19ClFN3O2S/c1-13-16(23)5-4-6-18(13)27-21(29)15(20(28)25-22(27)30)11-14-7-8-19(17(24)12-14)26-9-2-3-10-26/h4-8,11-12H,2-3,9-10H2,1H3,(H,25,28,30)/b15-11+. The zero-order valence-corrected chi connectivity index (χ0v) is 17.8. The Bertz CT molecular complexity index is 1100. The number of amides is 2. The average Bonchev–Trinajstić information content (AvgIpc) is 3.23. The van der Waals surface area contributed by atoms with Crippen LogP contribution in [-0.2, 0) is 9.59 Å². The number of nitrogens with zero attached hydrogens (tertiary/aromatic N) is 2. The molecule has 154 valence electrons. The van der Waals surface area contributed by atoms with E-state index < -0.39 is 11.8 Å². The SMILES string of the molecule is Cc1c(Cl)cccc1N1C(=O)/C(=C/c2ccc(N3CCCC3)c(F)c2)C(=O)NC1=S. The molecule has 30 heavy (non-hydrogen) atoms. The highest BCUT2D eigenvalue weighted by Crippen LogP contribution is 2.30. The van der Waals surface area contributed by atoms with Crippen molar-refractivity contribution in [3.8, 4) is 0 Å². The van der Waals surface area contributed by atoms with Crippen molar-refractivity contribution in [1.29, 1.82) is 0 Å². The molecule has 2 aliphatic rings. The molecule has 2 saturated heterocycles. The molecule has 0 aromatic heterocycles. The van der Waals surface area contributed by atoms with E-state index in [1.54, 1.807) is 37.3 Å². The number of rotatable bonds is 3. The zero-order chi connectivity index (χ0) is 21.4. The van der Waals surface area contributed by atoms with Gasteiger partial charge in [-0.15, -0.1) is 0 Å². The minimum absolute atomic E-state index is 0.0249. The quantitative estimate of drug-likeness (QED) is 0.438. The van der Waals surface area contributed by atoms with Gasteiger partial charge in [0, 0.05) is 18.1 Å². The molecule has 4 rings (SSSR count). The summed E-state index contributed by atoms with van der Waals surface area (Å²) in [6.45, 7) is 3.41. The maximum atomic E-state index is 14.6. The van der Waals surface area contributed by atoms with E-state index in [0.29, 0.717) is 27.5 Å². The fourth-order valence-corrected chi connectivity index (χ4v) is 4.15. The molecule has 0 radical (unpaired) electrons. The molecule has 2 fully saturated rings. The van der Waals surface area contributed by atoms with Gasteiger partial charge in [-0.1, -0.05) is 23.7 Å². The van der Waals surface area contributed by atoms with E-state index in [9.17, 15) is 14.0 Å². The van der Waals surface area contributed by atoms with Crippen molar-refractivity contribution in [1.82, 2.24) is 5.32 Å². The molecule has 5 nitrogen and oxygen atoms in total. The van der Waals surface area contributed by atoms with Crippen LogP contribution in [0.4, 0.5) is 15.8 Å². The van der Waals surface area contributed by atoms with Crippen LogP contribution in [0.25, 0.3) is 6.08 Å². The summed E-state index contributed by atoms with van der Waals surface area (Å²) < 4.78 is 14.6. The number of benzene rings is 2. The van der Waals surface area contributed by atoms with Crippen LogP contribution >= 0.6 is 23.8 Å². The number of carbonyl (C=O) groups is 2. The minimum atomic E-state index is -0.620. The van der Waals surface area contributed by atoms with E-state index >= 15 is 0 Å². The van der Waals surface area contributed by atoms with E-state index in [-0.39, 0.29) is 16.5 Å². The maximum absolute atomic E-state index is 14.6. The van der Waals surface area contributed by atoms with Gasteiger partial charge in [0.1, 0.15) is 11.4 Å². The monoisotopic (exact) mass is 443 g/mol. The molecule has 0 saturated carbocycles. The highest BCUT2D eigenvalue weighted by molar-refractivity contribution is 7.80. The van der Waals surface area contributed by atoms with Gasteiger partial charge in [0.15, 0.2) is 5.11 Å². The zero-order valence-electron chi connectivity index (χ0n) is 16.2. The summed E-state index contributed by atoms with van der Waals surface area (Å²) in [6.07, 6.45) is 3.46. The van der Waals surface area contributed by atoms with E-state index in [1.165, 1.54) is 17.0 Å². The largest absolute Gasteiger partial charge is 0.369 e. The first-order valence-corrected chi connectivity index (χ1v) is 10.4. The highest BCUT2D eigenvalue weighted by atomic mass is 35.5. The highest BCUT2D eigenvalue weighted by Gasteiger charge is 2.35. The fraction of sp³-hybridized carbons (Fsp3) is 0.227. The fourth-order valence-electron chi connectivity index (χ4n) is 3.71. The Kier molecular flexibility index (Phi) is 5.58. The van der Waals surface area contributed by atoms with Gasteiger partial charge >= 0.3 is 0 Å². The number of carbonyl (C=O) groups excluding carboxylic acids is 2. The third-order valence-electron chi connectivity index (χ3n) is 5.31. The second kappa shape index (κ2) is 8.16. The number of halogens is 2. The minimum Gasteiger partial charge on any atom is -0.369 e. The van der Waals surface area contributed by atoms with Crippen molar-refractivity contribution in [3.63, 3.8) is 0 Å².